The minimum Gasteiger partial charge on any atom is -0.454 e. The van der Waals surface area contributed by atoms with E-state index in [9.17, 15) is 9.59 Å². The predicted molar refractivity (Wildman–Crippen MR) is 114 cm³/mol. The summed E-state index contributed by atoms with van der Waals surface area (Å²) in [6, 6.07) is 10.8. The molecular weight excluding hydrogens is 368 g/mol. The van der Waals surface area contributed by atoms with E-state index in [1.165, 1.54) is 19.3 Å². The number of benzene rings is 1. The van der Waals surface area contributed by atoms with E-state index in [1.807, 2.05) is 20.2 Å². The van der Waals surface area contributed by atoms with Crippen molar-refractivity contribution in [1.82, 2.24) is 9.80 Å². The van der Waals surface area contributed by atoms with Gasteiger partial charge in [0.05, 0.1) is 12.6 Å². The molecule has 0 spiro atoms. The van der Waals surface area contributed by atoms with E-state index in [4.69, 9.17) is 4.42 Å². The van der Waals surface area contributed by atoms with Crippen LogP contribution in [0.25, 0.3) is 0 Å². The summed E-state index contributed by atoms with van der Waals surface area (Å²) < 4.78 is 5.83. The lowest BCUT2D eigenvalue weighted by Gasteiger charge is -2.31. The second-order valence-corrected chi connectivity index (χ2v) is 7.79. The summed E-state index contributed by atoms with van der Waals surface area (Å²) in [7, 11) is 3.68. The molecule has 1 unspecified atom stereocenters. The molecule has 1 aliphatic rings. The van der Waals surface area contributed by atoms with Crippen molar-refractivity contribution < 1.29 is 14.0 Å². The van der Waals surface area contributed by atoms with E-state index in [1.54, 1.807) is 35.2 Å². The van der Waals surface area contributed by atoms with Crippen molar-refractivity contribution in [3.63, 3.8) is 0 Å². The molecule has 1 aliphatic heterocycles. The summed E-state index contributed by atoms with van der Waals surface area (Å²) in [5, 5.41) is 5.65. The Morgan fingerprint density at radius 3 is 2.24 bits per heavy atom. The number of carbonyl (C=O) groups is 2. The molecule has 0 radical (unpaired) electrons. The van der Waals surface area contributed by atoms with Crippen LogP contribution in [0.15, 0.2) is 40.8 Å². The van der Waals surface area contributed by atoms with Crippen LogP contribution in [0.4, 0.5) is 11.4 Å². The quantitative estimate of drug-likeness (QED) is 0.745. The molecule has 1 atom stereocenters. The molecule has 0 bridgehead atoms. The molecule has 7 heteroatoms. The Morgan fingerprint density at radius 1 is 1.00 bits per heavy atom. The number of amides is 2. The van der Waals surface area contributed by atoms with Gasteiger partial charge >= 0.3 is 0 Å². The first-order valence-electron chi connectivity index (χ1n) is 10.1. The van der Waals surface area contributed by atoms with Crippen LogP contribution in [0.1, 0.15) is 48.5 Å². The summed E-state index contributed by atoms with van der Waals surface area (Å²) in [6.45, 7) is 4.58. The Morgan fingerprint density at radius 2 is 1.62 bits per heavy atom. The van der Waals surface area contributed by atoms with Crippen LogP contribution in [-0.4, -0.2) is 55.3 Å². The SMILES string of the molecule is CC(c1ccc(C(=O)Nc2ccc(NC(=O)CN(C)C)cc2)o1)N1CCCCC1. The summed E-state index contributed by atoms with van der Waals surface area (Å²) in [4.78, 5) is 28.5. The standard InChI is InChI=1S/C22H30N4O3/c1-16(26-13-5-4-6-14-26)19-11-12-20(29-19)22(28)24-18-9-7-17(8-10-18)23-21(27)15-25(2)3/h7-12,16H,4-6,13-15H2,1-3H3,(H,23,27)(H,24,28). The minimum atomic E-state index is -0.286. The number of furan rings is 1. The first-order valence-corrected chi connectivity index (χ1v) is 10.1. The molecule has 2 aromatic rings. The van der Waals surface area contributed by atoms with Crippen molar-refractivity contribution in [1.29, 1.82) is 0 Å². The van der Waals surface area contributed by atoms with Crippen molar-refractivity contribution in [3.05, 3.63) is 47.9 Å². The van der Waals surface area contributed by atoms with E-state index >= 15 is 0 Å². The van der Waals surface area contributed by atoms with Crippen LogP contribution in [0.2, 0.25) is 0 Å². The van der Waals surface area contributed by atoms with Gasteiger partial charge in [0.15, 0.2) is 5.76 Å². The van der Waals surface area contributed by atoms with Gasteiger partial charge in [-0.3, -0.25) is 14.5 Å². The molecule has 2 heterocycles. The summed E-state index contributed by atoms with van der Waals surface area (Å²) >= 11 is 0. The summed E-state index contributed by atoms with van der Waals surface area (Å²) in [5.41, 5.74) is 1.33. The maximum Gasteiger partial charge on any atom is 0.291 e. The first kappa shape index (κ1) is 21.1. The van der Waals surface area contributed by atoms with Crippen LogP contribution in [0, 0.1) is 0 Å². The molecule has 2 amide bonds. The maximum atomic E-state index is 12.5. The fraction of sp³-hybridized carbons (Fsp3) is 0.455. The highest BCUT2D eigenvalue weighted by Gasteiger charge is 2.22. The van der Waals surface area contributed by atoms with Crippen LogP contribution in [0.5, 0.6) is 0 Å². The van der Waals surface area contributed by atoms with Crippen molar-refractivity contribution in [2.45, 2.75) is 32.2 Å². The fourth-order valence-corrected chi connectivity index (χ4v) is 3.50. The van der Waals surface area contributed by atoms with Crippen molar-refractivity contribution in [2.24, 2.45) is 0 Å². The highest BCUT2D eigenvalue weighted by Crippen LogP contribution is 2.26. The molecule has 3 rings (SSSR count). The third-order valence-corrected chi connectivity index (χ3v) is 5.09. The van der Waals surface area contributed by atoms with Gasteiger partial charge in [-0.2, -0.15) is 0 Å². The van der Waals surface area contributed by atoms with Crippen LogP contribution >= 0.6 is 0 Å². The van der Waals surface area contributed by atoms with Gasteiger partial charge in [-0.1, -0.05) is 6.42 Å². The number of likely N-dealkylation sites (N-methyl/N-ethyl adjacent to an activating group) is 1. The number of carbonyl (C=O) groups excluding carboxylic acids is 2. The highest BCUT2D eigenvalue weighted by molar-refractivity contribution is 6.02. The van der Waals surface area contributed by atoms with Gasteiger partial charge in [-0.25, -0.2) is 0 Å². The monoisotopic (exact) mass is 398 g/mol. The van der Waals surface area contributed by atoms with Crippen LogP contribution in [0.3, 0.4) is 0 Å². The van der Waals surface area contributed by atoms with E-state index in [-0.39, 0.29) is 17.9 Å². The van der Waals surface area contributed by atoms with Crippen molar-refractivity contribution >= 4 is 23.2 Å². The molecule has 1 aromatic heterocycles. The lowest BCUT2D eigenvalue weighted by atomic mass is 10.1. The van der Waals surface area contributed by atoms with Crippen molar-refractivity contribution in [2.75, 3.05) is 44.4 Å². The van der Waals surface area contributed by atoms with Crippen molar-refractivity contribution in [3.8, 4) is 0 Å². The zero-order chi connectivity index (χ0) is 20.8. The molecule has 7 nitrogen and oxygen atoms in total. The van der Waals surface area contributed by atoms with E-state index < -0.39 is 0 Å². The summed E-state index contributed by atoms with van der Waals surface area (Å²) in [6.07, 6.45) is 3.71. The lowest BCUT2D eigenvalue weighted by Crippen LogP contribution is -2.32. The fourth-order valence-electron chi connectivity index (χ4n) is 3.50. The average Bonchev–Trinajstić information content (AvgIpc) is 3.19. The maximum absolute atomic E-state index is 12.5. The minimum absolute atomic E-state index is 0.0854. The molecule has 0 aliphatic carbocycles. The number of piperidine rings is 1. The Balaban J connectivity index is 1.56. The molecular formula is C22H30N4O3. The Labute approximate surface area is 172 Å². The molecule has 0 saturated carbocycles. The van der Waals surface area contributed by atoms with Gasteiger partial charge in [-0.05, 0) is 83.3 Å². The van der Waals surface area contributed by atoms with Gasteiger partial charge in [0.25, 0.3) is 5.91 Å². The highest BCUT2D eigenvalue weighted by atomic mass is 16.4. The number of hydrogen-bond acceptors (Lipinski definition) is 5. The molecule has 1 fully saturated rings. The third-order valence-electron chi connectivity index (χ3n) is 5.09. The predicted octanol–water partition coefficient (Wildman–Crippen LogP) is 3.58. The van der Waals surface area contributed by atoms with E-state index in [0.29, 0.717) is 23.7 Å². The smallest absolute Gasteiger partial charge is 0.291 e. The summed E-state index contributed by atoms with van der Waals surface area (Å²) in [5.74, 6) is 0.743. The van der Waals surface area contributed by atoms with Gasteiger partial charge in [0.1, 0.15) is 5.76 Å². The molecule has 29 heavy (non-hydrogen) atoms. The number of hydrogen-bond donors (Lipinski definition) is 2. The van der Waals surface area contributed by atoms with Gasteiger partial charge in [0, 0.05) is 11.4 Å². The average molecular weight is 399 g/mol. The van der Waals surface area contributed by atoms with Gasteiger partial charge < -0.3 is 20.0 Å². The van der Waals surface area contributed by atoms with Crippen LogP contribution < -0.4 is 10.6 Å². The molecule has 1 saturated heterocycles. The van der Waals surface area contributed by atoms with Crippen LogP contribution in [-0.2, 0) is 4.79 Å². The number of rotatable bonds is 7. The van der Waals surface area contributed by atoms with Gasteiger partial charge in [-0.15, -0.1) is 0 Å². The Kier molecular flexibility index (Phi) is 7.06. The molecule has 156 valence electrons. The number of anilines is 2. The zero-order valence-electron chi connectivity index (χ0n) is 17.4. The molecule has 1 aromatic carbocycles. The Bertz CT molecular complexity index is 823. The number of likely N-dealkylation sites (tertiary alicyclic amines) is 1. The largest absolute Gasteiger partial charge is 0.454 e. The van der Waals surface area contributed by atoms with E-state index in [0.717, 1.165) is 18.8 Å². The Hall–Kier alpha value is -2.64. The van der Waals surface area contributed by atoms with E-state index in [2.05, 4.69) is 22.5 Å². The second-order valence-electron chi connectivity index (χ2n) is 7.79. The second kappa shape index (κ2) is 9.71. The number of nitrogens with zero attached hydrogens (tertiary/aromatic N) is 2. The molecule has 2 N–H and O–H groups in total. The lowest BCUT2D eigenvalue weighted by molar-refractivity contribution is -0.116. The normalized spacial score (nSPS) is 15.9. The zero-order valence-corrected chi connectivity index (χ0v) is 17.4. The number of nitrogens with one attached hydrogen (secondary N) is 2. The third kappa shape index (κ3) is 5.92. The topological polar surface area (TPSA) is 77.8 Å². The first-order chi connectivity index (χ1) is 13.9. The van der Waals surface area contributed by atoms with Gasteiger partial charge in [0.2, 0.25) is 5.91 Å².